The molecule has 2 aromatic carbocycles. The van der Waals surface area contributed by atoms with Gasteiger partial charge in [0.2, 0.25) is 0 Å². The number of phenols is 1. The summed E-state index contributed by atoms with van der Waals surface area (Å²) in [6, 6.07) is 16.1. The van der Waals surface area contributed by atoms with Gasteiger partial charge in [-0.2, -0.15) is 0 Å². The molecule has 142 valence electrons. The fraction of sp³-hybridized carbons (Fsp3) is 0.409. The molecule has 4 rings (SSSR count). The summed E-state index contributed by atoms with van der Waals surface area (Å²) in [6.45, 7) is 4.04. The highest BCUT2D eigenvalue weighted by Crippen LogP contribution is 2.29. The molecule has 1 amide bonds. The minimum atomic E-state index is 0.141. The molecule has 5 nitrogen and oxygen atoms in total. The number of carbonyl (C=O) groups excluding carboxylic acids is 1. The largest absolute Gasteiger partial charge is 0.506 e. The fourth-order valence-corrected chi connectivity index (χ4v) is 4.35. The van der Waals surface area contributed by atoms with Crippen molar-refractivity contribution < 1.29 is 14.8 Å². The van der Waals surface area contributed by atoms with Crippen LogP contribution in [0.1, 0.15) is 30.0 Å². The van der Waals surface area contributed by atoms with Gasteiger partial charge in [-0.15, -0.1) is 0 Å². The van der Waals surface area contributed by atoms with Crippen LogP contribution in [0.3, 0.4) is 0 Å². The highest BCUT2D eigenvalue weighted by molar-refractivity contribution is 5.77. The van der Waals surface area contributed by atoms with Crippen LogP contribution in [0.4, 0.5) is 5.69 Å². The fourth-order valence-electron chi connectivity index (χ4n) is 4.35. The summed E-state index contributed by atoms with van der Waals surface area (Å²) in [5.41, 5.74) is 3.55. The number of para-hydroxylation sites is 2. The molecule has 27 heavy (non-hydrogen) atoms. The first kappa shape index (κ1) is 17.9. The monoisotopic (exact) mass is 366 g/mol. The predicted octanol–water partition coefficient (Wildman–Crippen LogP) is 1.29. The molecule has 0 bridgehead atoms. The number of piperazine rings is 1. The van der Waals surface area contributed by atoms with Crippen molar-refractivity contribution in [1.82, 2.24) is 5.32 Å². The average molecular weight is 366 g/mol. The van der Waals surface area contributed by atoms with Gasteiger partial charge in [0, 0.05) is 0 Å². The van der Waals surface area contributed by atoms with Gasteiger partial charge in [-0.05, 0) is 42.5 Å². The second-order valence-corrected chi connectivity index (χ2v) is 7.61. The van der Waals surface area contributed by atoms with Crippen LogP contribution in [-0.2, 0) is 11.2 Å². The SMILES string of the molecule is O=C(C[NH+]1CCN(c2ccccc2O)CC1)N[C@H]1CCCc2ccccc21. The summed E-state index contributed by atoms with van der Waals surface area (Å²) >= 11 is 0. The molecule has 1 aliphatic heterocycles. The third kappa shape index (κ3) is 4.08. The summed E-state index contributed by atoms with van der Waals surface area (Å²) < 4.78 is 0. The van der Waals surface area contributed by atoms with Crippen LogP contribution in [0, 0.1) is 0 Å². The van der Waals surface area contributed by atoms with E-state index in [0.717, 1.165) is 51.1 Å². The van der Waals surface area contributed by atoms with Crippen LogP contribution in [0.5, 0.6) is 5.75 Å². The lowest BCUT2D eigenvalue weighted by molar-refractivity contribution is -0.892. The van der Waals surface area contributed by atoms with Gasteiger partial charge in [0.25, 0.3) is 5.91 Å². The second kappa shape index (κ2) is 8.01. The molecule has 1 atom stereocenters. The number of nitrogens with zero attached hydrogens (tertiary/aromatic N) is 1. The van der Waals surface area contributed by atoms with Gasteiger partial charge < -0.3 is 20.2 Å². The lowest BCUT2D eigenvalue weighted by Gasteiger charge is -2.34. The number of amides is 1. The van der Waals surface area contributed by atoms with Crippen LogP contribution in [0.2, 0.25) is 0 Å². The van der Waals surface area contributed by atoms with E-state index in [2.05, 4.69) is 34.5 Å². The van der Waals surface area contributed by atoms with Crippen molar-refractivity contribution in [2.75, 3.05) is 37.6 Å². The maximum absolute atomic E-state index is 12.6. The molecule has 1 fully saturated rings. The highest BCUT2D eigenvalue weighted by atomic mass is 16.3. The Kier molecular flexibility index (Phi) is 5.30. The molecule has 3 N–H and O–H groups in total. The number of rotatable bonds is 4. The number of phenolic OH excluding ortho intramolecular Hbond substituents is 1. The lowest BCUT2D eigenvalue weighted by Crippen LogP contribution is -3.16. The Labute approximate surface area is 160 Å². The summed E-state index contributed by atoms with van der Waals surface area (Å²) in [7, 11) is 0. The molecule has 1 aliphatic carbocycles. The van der Waals surface area contributed by atoms with E-state index in [1.807, 2.05) is 18.2 Å². The first-order chi connectivity index (χ1) is 13.2. The van der Waals surface area contributed by atoms with Crippen LogP contribution in [0.25, 0.3) is 0 Å². The Morgan fingerprint density at radius 3 is 2.67 bits per heavy atom. The van der Waals surface area contributed by atoms with Gasteiger partial charge in [0.1, 0.15) is 5.75 Å². The number of benzene rings is 2. The van der Waals surface area contributed by atoms with E-state index in [9.17, 15) is 9.90 Å². The second-order valence-electron chi connectivity index (χ2n) is 7.61. The number of aromatic hydroxyl groups is 1. The van der Waals surface area contributed by atoms with E-state index in [1.54, 1.807) is 6.07 Å². The molecule has 2 aromatic rings. The van der Waals surface area contributed by atoms with Gasteiger partial charge in [-0.3, -0.25) is 4.79 Å². The maximum Gasteiger partial charge on any atom is 0.275 e. The topological polar surface area (TPSA) is 57.0 Å². The Morgan fingerprint density at radius 2 is 1.85 bits per heavy atom. The standard InChI is InChI=1S/C22H27N3O2/c26-21-11-4-3-10-20(21)25-14-12-24(13-15-25)16-22(27)23-19-9-5-7-17-6-1-2-8-18(17)19/h1-4,6,8,10-11,19,26H,5,7,9,12-16H2,(H,23,27)/p+1/t19-/m0/s1. The van der Waals surface area contributed by atoms with E-state index in [0.29, 0.717) is 12.3 Å². The van der Waals surface area contributed by atoms with E-state index < -0.39 is 0 Å². The molecule has 1 heterocycles. The number of aryl methyl sites for hydroxylation is 1. The molecule has 0 spiro atoms. The summed E-state index contributed by atoms with van der Waals surface area (Å²) in [5, 5.41) is 13.3. The van der Waals surface area contributed by atoms with Crippen molar-refractivity contribution in [3.8, 4) is 5.75 Å². The summed E-state index contributed by atoms with van der Waals surface area (Å²) in [6.07, 6.45) is 3.27. The quantitative estimate of drug-likeness (QED) is 0.764. The minimum absolute atomic E-state index is 0.141. The van der Waals surface area contributed by atoms with Crippen LogP contribution in [0.15, 0.2) is 48.5 Å². The Bertz CT molecular complexity index is 800. The van der Waals surface area contributed by atoms with Crippen molar-refractivity contribution in [3.63, 3.8) is 0 Å². The summed E-state index contributed by atoms with van der Waals surface area (Å²) in [4.78, 5) is 16.1. The third-order valence-corrected chi connectivity index (χ3v) is 5.81. The van der Waals surface area contributed by atoms with Crippen molar-refractivity contribution in [1.29, 1.82) is 0 Å². The number of fused-ring (bicyclic) bond motifs is 1. The van der Waals surface area contributed by atoms with Gasteiger partial charge in [0.05, 0.1) is 37.9 Å². The summed E-state index contributed by atoms with van der Waals surface area (Å²) in [5.74, 6) is 0.470. The Hall–Kier alpha value is -2.53. The normalized spacial score (nSPS) is 20.1. The van der Waals surface area contributed by atoms with E-state index in [4.69, 9.17) is 0 Å². The molecule has 0 radical (unpaired) electrons. The van der Waals surface area contributed by atoms with Crippen LogP contribution in [-0.4, -0.2) is 43.7 Å². The molecular formula is C22H28N3O2+. The third-order valence-electron chi connectivity index (χ3n) is 5.81. The van der Waals surface area contributed by atoms with Crippen molar-refractivity contribution in [2.24, 2.45) is 0 Å². The smallest absolute Gasteiger partial charge is 0.275 e. The number of quaternary nitrogens is 1. The minimum Gasteiger partial charge on any atom is -0.506 e. The van der Waals surface area contributed by atoms with Crippen molar-refractivity contribution >= 4 is 11.6 Å². The zero-order chi connectivity index (χ0) is 18.6. The first-order valence-corrected chi connectivity index (χ1v) is 9.94. The molecular weight excluding hydrogens is 338 g/mol. The maximum atomic E-state index is 12.6. The van der Waals surface area contributed by atoms with Gasteiger partial charge in [-0.1, -0.05) is 36.4 Å². The zero-order valence-electron chi connectivity index (χ0n) is 15.7. The van der Waals surface area contributed by atoms with E-state index >= 15 is 0 Å². The number of hydrogen-bond donors (Lipinski definition) is 3. The van der Waals surface area contributed by atoms with Gasteiger partial charge in [-0.25, -0.2) is 0 Å². The molecule has 5 heteroatoms. The van der Waals surface area contributed by atoms with E-state index in [1.165, 1.54) is 16.0 Å². The van der Waals surface area contributed by atoms with Crippen LogP contribution >= 0.6 is 0 Å². The van der Waals surface area contributed by atoms with Crippen molar-refractivity contribution in [3.05, 3.63) is 59.7 Å². The number of carbonyl (C=O) groups is 1. The van der Waals surface area contributed by atoms with Gasteiger partial charge in [0.15, 0.2) is 6.54 Å². The van der Waals surface area contributed by atoms with Crippen molar-refractivity contribution in [2.45, 2.75) is 25.3 Å². The molecule has 1 saturated heterocycles. The molecule has 0 aromatic heterocycles. The Balaban J connectivity index is 1.30. The van der Waals surface area contributed by atoms with Crippen LogP contribution < -0.4 is 15.1 Å². The predicted molar refractivity (Wildman–Crippen MR) is 106 cm³/mol. The highest BCUT2D eigenvalue weighted by Gasteiger charge is 2.26. The van der Waals surface area contributed by atoms with Gasteiger partial charge >= 0.3 is 0 Å². The number of hydrogen-bond acceptors (Lipinski definition) is 3. The number of anilines is 1. The molecule has 0 saturated carbocycles. The molecule has 0 unspecified atom stereocenters. The number of nitrogens with one attached hydrogen (secondary N) is 2. The Morgan fingerprint density at radius 1 is 1.11 bits per heavy atom. The lowest BCUT2D eigenvalue weighted by atomic mass is 9.88. The van der Waals surface area contributed by atoms with E-state index in [-0.39, 0.29) is 11.9 Å². The zero-order valence-corrected chi connectivity index (χ0v) is 15.7. The first-order valence-electron chi connectivity index (χ1n) is 9.94. The average Bonchev–Trinajstić information content (AvgIpc) is 2.69. The molecule has 2 aliphatic rings.